The van der Waals surface area contributed by atoms with E-state index in [1.54, 1.807) is 24.3 Å². The van der Waals surface area contributed by atoms with Crippen molar-refractivity contribution in [3.63, 3.8) is 0 Å². The SMILES string of the molecule is CC(Nc1ccc(NC(=O)Nc2cccc(C#N)c2)cc1)c1ccccc1. The highest BCUT2D eigenvalue weighted by Crippen LogP contribution is 2.21. The Labute approximate surface area is 158 Å². The summed E-state index contributed by atoms with van der Waals surface area (Å²) < 4.78 is 0. The molecule has 0 aliphatic rings. The van der Waals surface area contributed by atoms with Crippen LogP contribution in [0.1, 0.15) is 24.1 Å². The van der Waals surface area contributed by atoms with Crippen molar-refractivity contribution in [1.82, 2.24) is 0 Å². The maximum absolute atomic E-state index is 12.1. The van der Waals surface area contributed by atoms with Crippen LogP contribution in [-0.4, -0.2) is 6.03 Å². The highest BCUT2D eigenvalue weighted by molar-refractivity contribution is 5.99. The molecule has 0 fully saturated rings. The third kappa shape index (κ3) is 5.10. The Morgan fingerprint density at radius 1 is 0.852 bits per heavy atom. The molecule has 1 unspecified atom stereocenters. The van der Waals surface area contributed by atoms with E-state index in [0.29, 0.717) is 16.9 Å². The summed E-state index contributed by atoms with van der Waals surface area (Å²) in [6.07, 6.45) is 0. The van der Waals surface area contributed by atoms with Gasteiger partial charge in [0, 0.05) is 23.1 Å². The van der Waals surface area contributed by atoms with Gasteiger partial charge in [-0.15, -0.1) is 0 Å². The molecule has 1 atom stereocenters. The molecule has 27 heavy (non-hydrogen) atoms. The second-order valence-corrected chi connectivity index (χ2v) is 6.13. The molecule has 5 heteroatoms. The van der Waals surface area contributed by atoms with Gasteiger partial charge in [0.1, 0.15) is 0 Å². The van der Waals surface area contributed by atoms with Crippen LogP contribution in [0.15, 0.2) is 78.9 Å². The van der Waals surface area contributed by atoms with Gasteiger partial charge in [-0.05, 0) is 55.0 Å². The van der Waals surface area contributed by atoms with Gasteiger partial charge in [0.25, 0.3) is 0 Å². The van der Waals surface area contributed by atoms with Crippen molar-refractivity contribution in [2.75, 3.05) is 16.0 Å². The number of urea groups is 1. The van der Waals surface area contributed by atoms with Gasteiger partial charge in [0.2, 0.25) is 0 Å². The van der Waals surface area contributed by atoms with Gasteiger partial charge in [-0.2, -0.15) is 5.26 Å². The Morgan fingerprint density at radius 2 is 1.52 bits per heavy atom. The number of carbonyl (C=O) groups excluding carboxylic acids is 1. The van der Waals surface area contributed by atoms with E-state index < -0.39 is 0 Å². The lowest BCUT2D eigenvalue weighted by Gasteiger charge is -2.16. The predicted octanol–water partition coefficient (Wildman–Crippen LogP) is 5.38. The van der Waals surface area contributed by atoms with Crippen molar-refractivity contribution >= 4 is 23.1 Å². The molecule has 134 valence electrons. The minimum absolute atomic E-state index is 0.181. The molecule has 0 saturated carbocycles. The third-order valence-electron chi connectivity index (χ3n) is 4.08. The quantitative estimate of drug-likeness (QED) is 0.575. The molecule has 0 aromatic heterocycles. The van der Waals surface area contributed by atoms with E-state index in [4.69, 9.17) is 5.26 Å². The minimum atomic E-state index is -0.358. The van der Waals surface area contributed by atoms with Crippen molar-refractivity contribution in [2.24, 2.45) is 0 Å². The van der Waals surface area contributed by atoms with Crippen molar-refractivity contribution in [3.8, 4) is 6.07 Å². The van der Waals surface area contributed by atoms with Crippen molar-refractivity contribution in [2.45, 2.75) is 13.0 Å². The molecular weight excluding hydrogens is 336 g/mol. The lowest BCUT2D eigenvalue weighted by molar-refractivity contribution is 0.262. The number of rotatable bonds is 5. The molecule has 0 radical (unpaired) electrons. The number of amides is 2. The zero-order valence-electron chi connectivity index (χ0n) is 14.9. The number of hydrogen-bond acceptors (Lipinski definition) is 3. The van der Waals surface area contributed by atoms with E-state index >= 15 is 0 Å². The van der Waals surface area contributed by atoms with Crippen LogP contribution in [0.4, 0.5) is 21.9 Å². The van der Waals surface area contributed by atoms with Crippen LogP contribution in [0.3, 0.4) is 0 Å². The summed E-state index contributed by atoms with van der Waals surface area (Å²) in [6.45, 7) is 2.10. The van der Waals surface area contributed by atoms with Gasteiger partial charge < -0.3 is 16.0 Å². The number of nitrogens with one attached hydrogen (secondary N) is 3. The Hall–Kier alpha value is -3.78. The summed E-state index contributed by atoms with van der Waals surface area (Å²) >= 11 is 0. The third-order valence-corrected chi connectivity index (χ3v) is 4.08. The zero-order chi connectivity index (χ0) is 19.1. The lowest BCUT2D eigenvalue weighted by atomic mass is 10.1. The number of nitrogens with zero attached hydrogens (tertiary/aromatic N) is 1. The largest absolute Gasteiger partial charge is 0.379 e. The maximum atomic E-state index is 12.1. The molecule has 0 spiro atoms. The van der Waals surface area contributed by atoms with Gasteiger partial charge in [0.05, 0.1) is 11.6 Å². The Balaban J connectivity index is 1.57. The summed E-state index contributed by atoms with van der Waals surface area (Å²) in [7, 11) is 0. The van der Waals surface area contributed by atoms with Gasteiger partial charge in [-0.25, -0.2) is 4.79 Å². The molecule has 5 nitrogen and oxygen atoms in total. The smallest absolute Gasteiger partial charge is 0.323 e. The lowest BCUT2D eigenvalue weighted by Crippen LogP contribution is -2.19. The molecule has 0 bridgehead atoms. The van der Waals surface area contributed by atoms with Crippen molar-refractivity contribution in [3.05, 3.63) is 90.0 Å². The molecule has 3 aromatic rings. The highest BCUT2D eigenvalue weighted by Gasteiger charge is 2.06. The van der Waals surface area contributed by atoms with Crippen LogP contribution in [0.5, 0.6) is 0 Å². The highest BCUT2D eigenvalue weighted by atomic mass is 16.2. The first kappa shape index (κ1) is 18.0. The molecule has 3 N–H and O–H groups in total. The second-order valence-electron chi connectivity index (χ2n) is 6.13. The molecule has 0 heterocycles. The number of benzene rings is 3. The van der Waals surface area contributed by atoms with Gasteiger partial charge in [-0.3, -0.25) is 0 Å². The van der Waals surface area contributed by atoms with E-state index in [1.165, 1.54) is 5.56 Å². The fraction of sp³-hybridized carbons (Fsp3) is 0.0909. The summed E-state index contributed by atoms with van der Waals surface area (Å²) in [5, 5.41) is 17.8. The standard InChI is InChI=1S/C22H20N4O/c1-16(18-7-3-2-4-8-18)24-19-10-12-20(13-11-19)25-22(27)26-21-9-5-6-17(14-21)15-23/h2-14,16,24H,1H3,(H2,25,26,27). The molecule has 0 aliphatic heterocycles. The maximum Gasteiger partial charge on any atom is 0.323 e. The fourth-order valence-electron chi connectivity index (χ4n) is 2.68. The Morgan fingerprint density at radius 3 is 2.22 bits per heavy atom. The van der Waals surface area contributed by atoms with E-state index in [2.05, 4.69) is 35.0 Å². The van der Waals surface area contributed by atoms with Gasteiger partial charge in [0.15, 0.2) is 0 Å². The van der Waals surface area contributed by atoms with Crippen LogP contribution in [0.25, 0.3) is 0 Å². The first-order chi connectivity index (χ1) is 13.1. The summed E-state index contributed by atoms with van der Waals surface area (Å²) in [5.74, 6) is 0. The van der Waals surface area contributed by atoms with Gasteiger partial charge >= 0.3 is 6.03 Å². The van der Waals surface area contributed by atoms with E-state index in [-0.39, 0.29) is 12.1 Å². The first-order valence-electron chi connectivity index (χ1n) is 8.64. The van der Waals surface area contributed by atoms with Crippen molar-refractivity contribution < 1.29 is 4.79 Å². The topological polar surface area (TPSA) is 76.9 Å². The average Bonchev–Trinajstić information content (AvgIpc) is 2.70. The summed E-state index contributed by atoms with van der Waals surface area (Å²) in [5.41, 5.74) is 3.93. The minimum Gasteiger partial charge on any atom is -0.379 e. The van der Waals surface area contributed by atoms with Crippen LogP contribution >= 0.6 is 0 Å². The van der Waals surface area contributed by atoms with Crippen molar-refractivity contribution in [1.29, 1.82) is 5.26 Å². The predicted molar refractivity (Wildman–Crippen MR) is 109 cm³/mol. The number of anilines is 3. The van der Waals surface area contributed by atoms with E-state index in [0.717, 1.165) is 5.69 Å². The van der Waals surface area contributed by atoms with Crippen LogP contribution < -0.4 is 16.0 Å². The number of hydrogen-bond donors (Lipinski definition) is 3. The molecular formula is C22H20N4O. The monoisotopic (exact) mass is 356 g/mol. The first-order valence-corrected chi connectivity index (χ1v) is 8.64. The van der Waals surface area contributed by atoms with Crippen LogP contribution in [0, 0.1) is 11.3 Å². The van der Waals surface area contributed by atoms with Gasteiger partial charge in [-0.1, -0.05) is 36.4 Å². The van der Waals surface area contributed by atoms with E-state index in [1.807, 2.05) is 48.5 Å². The number of nitriles is 1. The van der Waals surface area contributed by atoms with E-state index in [9.17, 15) is 4.79 Å². The Bertz CT molecular complexity index is 946. The Kier molecular flexibility index (Phi) is 5.70. The summed E-state index contributed by atoms with van der Waals surface area (Å²) in [4.78, 5) is 12.1. The fourth-order valence-corrected chi connectivity index (χ4v) is 2.68. The molecule has 0 saturated heterocycles. The number of carbonyl (C=O) groups is 1. The average molecular weight is 356 g/mol. The summed E-state index contributed by atoms with van der Waals surface area (Å²) in [6, 6.07) is 26.4. The molecule has 0 aliphatic carbocycles. The normalized spacial score (nSPS) is 11.1. The second kappa shape index (κ2) is 8.54. The molecule has 2 amide bonds. The zero-order valence-corrected chi connectivity index (χ0v) is 14.9. The molecule has 3 rings (SSSR count). The van der Waals surface area contributed by atoms with Crippen LogP contribution in [-0.2, 0) is 0 Å². The van der Waals surface area contributed by atoms with Crippen LogP contribution in [0.2, 0.25) is 0 Å². The molecule has 3 aromatic carbocycles.